The summed E-state index contributed by atoms with van der Waals surface area (Å²) in [6.45, 7) is 6.41. The van der Waals surface area contributed by atoms with Gasteiger partial charge in [0, 0.05) is 6.54 Å². The Bertz CT molecular complexity index is 387. The number of nitrogens with zero attached hydrogens (tertiary/aromatic N) is 2. The smallest absolute Gasteiger partial charge is 0.155 e. The van der Waals surface area contributed by atoms with E-state index < -0.39 is 6.04 Å². The van der Waals surface area contributed by atoms with Crippen molar-refractivity contribution in [1.29, 1.82) is 0 Å². The minimum absolute atomic E-state index is 0.0130. The molecule has 0 bridgehead atoms. The van der Waals surface area contributed by atoms with Crippen molar-refractivity contribution in [2.45, 2.75) is 46.2 Å². The van der Waals surface area contributed by atoms with Gasteiger partial charge in [-0.2, -0.15) is 5.10 Å². The van der Waals surface area contributed by atoms with E-state index in [1.165, 1.54) is 0 Å². The van der Waals surface area contributed by atoms with Gasteiger partial charge in [0.1, 0.15) is 0 Å². The number of hydrogen-bond donors (Lipinski definition) is 1. The predicted molar refractivity (Wildman–Crippen MR) is 64.6 cm³/mol. The van der Waals surface area contributed by atoms with Gasteiger partial charge in [-0.3, -0.25) is 9.48 Å². The summed E-state index contributed by atoms with van der Waals surface area (Å²) in [5, 5.41) is 4.84. The third-order valence-corrected chi connectivity index (χ3v) is 3.14. The molecule has 0 fully saturated rings. The lowest BCUT2D eigenvalue weighted by molar-refractivity contribution is -0.119. The summed E-state index contributed by atoms with van der Waals surface area (Å²) in [7, 11) is 0. The number of hydrogen-bond acceptors (Lipinski definition) is 3. The highest BCUT2D eigenvalue weighted by atomic mass is 35.5. The molecule has 0 spiro atoms. The van der Waals surface area contributed by atoms with Crippen molar-refractivity contribution in [1.82, 2.24) is 9.78 Å². The normalized spacial score (nSPS) is 12.8. The van der Waals surface area contributed by atoms with Gasteiger partial charge in [0.25, 0.3) is 0 Å². The lowest BCUT2D eigenvalue weighted by Gasteiger charge is -2.09. The maximum absolute atomic E-state index is 11.7. The maximum Gasteiger partial charge on any atom is 0.155 e. The largest absolute Gasteiger partial charge is 0.322 e. The van der Waals surface area contributed by atoms with Gasteiger partial charge in [0.05, 0.1) is 28.9 Å². The molecule has 16 heavy (non-hydrogen) atoms. The minimum atomic E-state index is -0.406. The fraction of sp³-hybridized carbons (Fsp3) is 0.636. The first-order valence-electron chi connectivity index (χ1n) is 5.51. The molecule has 1 heterocycles. The molecular formula is C11H18ClN3O. The molecule has 0 saturated carbocycles. The van der Waals surface area contributed by atoms with Crippen molar-refractivity contribution < 1.29 is 4.79 Å². The number of aromatic nitrogens is 2. The highest BCUT2D eigenvalue weighted by Gasteiger charge is 2.18. The van der Waals surface area contributed by atoms with Crippen LogP contribution in [0.1, 0.15) is 31.7 Å². The van der Waals surface area contributed by atoms with Crippen LogP contribution in [0.2, 0.25) is 5.02 Å². The summed E-state index contributed by atoms with van der Waals surface area (Å²) in [6.07, 6.45) is 0.915. The number of Topliss-reactive ketones (excluding diaryl/α,β-unsaturated/α-hetero) is 1. The summed E-state index contributed by atoms with van der Waals surface area (Å²) in [4.78, 5) is 11.7. The summed E-state index contributed by atoms with van der Waals surface area (Å²) < 4.78 is 1.76. The third kappa shape index (κ3) is 2.62. The average molecular weight is 244 g/mol. The molecule has 0 radical (unpaired) electrons. The molecule has 2 N–H and O–H groups in total. The zero-order valence-corrected chi connectivity index (χ0v) is 10.7. The molecule has 90 valence electrons. The van der Waals surface area contributed by atoms with Crippen LogP contribution in [0.5, 0.6) is 0 Å². The Morgan fingerprint density at radius 3 is 2.69 bits per heavy atom. The highest BCUT2D eigenvalue weighted by Crippen LogP contribution is 2.21. The van der Waals surface area contributed by atoms with Crippen LogP contribution in [0.25, 0.3) is 0 Å². The van der Waals surface area contributed by atoms with E-state index >= 15 is 0 Å². The number of halogens is 1. The van der Waals surface area contributed by atoms with E-state index in [-0.39, 0.29) is 12.2 Å². The van der Waals surface area contributed by atoms with E-state index in [9.17, 15) is 4.79 Å². The van der Waals surface area contributed by atoms with Crippen LogP contribution in [-0.4, -0.2) is 21.6 Å². The van der Waals surface area contributed by atoms with E-state index in [4.69, 9.17) is 17.3 Å². The maximum atomic E-state index is 11.7. The molecular weight excluding hydrogens is 226 g/mol. The Hall–Kier alpha value is -0.870. The summed E-state index contributed by atoms with van der Waals surface area (Å²) in [5.74, 6) is 0.0130. The number of carbonyl (C=O) groups excluding carboxylic acids is 1. The first-order chi connectivity index (χ1) is 7.51. The lowest BCUT2D eigenvalue weighted by atomic mass is 10.1. The average Bonchev–Trinajstić information content (AvgIpc) is 2.55. The van der Waals surface area contributed by atoms with Gasteiger partial charge in [0.2, 0.25) is 0 Å². The Kier molecular flexibility index (Phi) is 4.50. The molecule has 1 atom stereocenters. The number of carbonyl (C=O) groups is 1. The second-order valence-corrected chi connectivity index (χ2v) is 4.20. The Morgan fingerprint density at radius 2 is 2.19 bits per heavy atom. The van der Waals surface area contributed by atoms with Crippen molar-refractivity contribution >= 4 is 17.4 Å². The molecule has 5 heteroatoms. The summed E-state index contributed by atoms with van der Waals surface area (Å²) in [6, 6.07) is -0.406. The molecule has 1 aromatic heterocycles. The summed E-state index contributed by atoms with van der Waals surface area (Å²) >= 11 is 6.11. The van der Waals surface area contributed by atoms with E-state index in [1.54, 1.807) is 4.68 Å². The van der Waals surface area contributed by atoms with Gasteiger partial charge < -0.3 is 5.73 Å². The van der Waals surface area contributed by atoms with E-state index in [2.05, 4.69) is 5.10 Å². The van der Waals surface area contributed by atoms with Crippen LogP contribution in [0.4, 0.5) is 0 Å². The van der Waals surface area contributed by atoms with Crippen LogP contribution >= 0.6 is 11.6 Å². The van der Waals surface area contributed by atoms with Gasteiger partial charge in [0.15, 0.2) is 5.78 Å². The fourth-order valence-corrected chi connectivity index (χ4v) is 1.76. The van der Waals surface area contributed by atoms with Crippen molar-refractivity contribution in [3.8, 4) is 0 Å². The molecule has 0 aromatic carbocycles. The molecule has 0 aliphatic carbocycles. The number of aryl methyl sites for hydroxylation is 2. The molecule has 0 aliphatic rings. The summed E-state index contributed by atoms with van der Waals surface area (Å²) in [5.41, 5.74) is 7.22. The van der Waals surface area contributed by atoms with Gasteiger partial charge in [-0.15, -0.1) is 0 Å². The van der Waals surface area contributed by atoms with Crippen LogP contribution in [0.3, 0.4) is 0 Å². The molecule has 1 rings (SSSR count). The van der Waals surface area contributed by atoms with Crippen LogP contribution in [-0.2, 0) is 17.8 Å². The van der Waals surface area contributed by atoms with Gasteiger partial charge in [-0.25, -0.2) is 0 Å². The van der Waals surface area contributed by atoms with Gasteiger partial charge >= 0.3 is 0 Å². The topological polar surface area (TPSA) is 60.9 Å². The van der Waals surface area contributed by atoms with Gasteiger partial charge in [-0.05, 0) is 20.3 Å². The van der Waals surface area contributed by atoms with Crippen LogP contribution in [0, 0.1) is 6.92 Å². The van der Waals surface area contributed by atoms with E-state index in [0.29, 0.717) is 18.0 Å². The standard InChI is InChI=1S/C11H18ClN3O/c1-4-8(13)10(16)6-9-11(12)7(3)14-15(9)5-2/h8H,4-6,13H2,1-3H3. The molecule has 0 saturated heterocycles. The minimum Gasteiger partial charge on any atom is -0.322 e. The Morgan fingerprint density at radius 1 is 1.56 bits per heavy atom. The lowest BCUT2D eigenvalue weighted by Crippen LogP contribution is -2.31. The third-order valence-electron chi connectivity index (χ3n) is 2.65. The van der Waals surface area contributed by atoms with Crippen molar-refractivity contribution in [3.63, 3.8) is 0 Å². The molecule has 1 unspecified atom stereocenters. The van der Waals surface area contributed by atoms with Crippen LogP contribution < -0.4 is 5.73 Å². The molecule has 0 amide bonds. The van der Waals surface area contributed by atoms with E-state index in [1.807, 2.05) is 20.8 Å². The Labute approximate surface area is 101 Å². The second kappa shape index (κ2) is 5.46. The second-order valence-electron chi connectivity index (χ2n) is 3.82. The Balaban J connectivity index is 2.92. The fourth-order valence-electron chi connectivity index (χ4n) is 1.56. The highest BCUT2D eigenvalue weighted by molar-refractivity contribution is 6.32. The van der Waals surface area contributed by atoms with Crippen molar-refractivity contribution in [2.24, 2.45) is 5.73 Å². The number of rotatable bonds is 5. The zero-order chi connectivity index (χ0) is 12.3. The predicted octanol–water partition coefficient (Wildman–Crippen LogP) is 1.71. The van der Waals surface area contributed by atoms with Crippen molar-refractivity contribution in [2.75, 3.05) is 0 Å². The molecule has 1 aromatic rings. The zero-order valence-electron chi connectivity index (χ0n) is 9.96. The molecule has 0 aliphatic heterocycles. The van der Waals surface area contributed by atoms with Gasteiger partial charge in [-0.1, -0.05) is 18.5 Å². The first kappa shape index (κ1) is 13.2. The van der Waals surface area contributed by atoms with Crippen molar-refractivity contribution in [3.05, 3.63) is 16.4 Å². The van der Waals surface area contributed by atoms with Crippen LogP contribution in [0.15, 0.2) is 0 Å². The molecule has 4 nitrogen and oxygen atoms in total. The van der Waals surface area contributed by atoms with E-state index in [0.717, 1.165) is 11.4 Å². The monoisotopic (exact) mass is 243 g/mol. The number of nitrogens with two attached hydrogens (primary N) is 1. The number of ketones is 1. The SMILES string of the molecule is CCC(N)C(=O)Cc1c(Cl)c(C)nn1CC. The quantitative estimate of drug-likeness (QED) is 0.857. The first-order valence-corrected chi connectivity index (χ1v) is 5.89.